The number of nitrogens with one attached hydrogen (secondary N) is 3. The molecule has 0 spiro atoms. The van der Waals surface area contributed by atoms with E-state index in [1.807, 2.05) is 79.0 Å². The van der Waals surface area contributed by atoms with E-state index in [0.717, 1.165) is 38.2 Å². The summed E-state index contributed by atoms with van der Waals surface area (Å²) in [6, 6.07) is 27.0. The summed E-state index contributed by atoms with van der Waals surface area (Å²) in [5, 5.41) is 13.8. The second kappa shape index (κ2) is 15.2. The molecule has 0 saturated heterocycles. The van der Waals surface area contributed by atoms with Crippen LogP contribution in [0.5, 0.6) is 0 Å². The first kappa shape index (κ1) is 30.9. The molecule has 42 heavy (non-hydrogen) atoms. The number of nitrogen functional groups attached to an aromatic ring is 1. The first-order valence-corrected chi connectivity index (χ1v) is 14.9. The van der Waals surface area contributed by atoms with Gasteiger partial charge in [0, 0.05) is 50.4 Å². The summed E-state index contributed by atoms with van der Waals surface area (Å²) in [7, 11) is 0. The van der Waals surface area contributed by atoms with Gasteiger partial charge in [-0.25, -0.2) is 9.97 Å². The van der Waals surface area contributed by atoms with Gasteiger partial charge in [-0.2, -0.15) is 0 Å². The Morgan fingerprint density at radius 3 is 2.24 bits per heavy atom. The number of hydrogen-bond acceptors (Lipinski definition) is 8. The molecule has 6 rings (SSSR count). The predicted molar refractivity (Wildman–Crippen MR) is 181 cm³/mol. The van der Waals surface area contributed by atoms with Crippen molar-refractivity contribution in [3.8, 4) is 11.1 Å². The number of benzene rings is 3. The number of aromatic nitrogens is 3. The van der Waals surface area contributed by atoms with Crippen molar-refractivity contribution in [3.63, 3.8) is 0 Å². The van der Waals surface area contributed by atoms with E-state index in [-0.39, 0.29) is 17.5 Å². The minimum atomic E-state index is -0.381. The molecule has 0 atom stereocenters. The zero-order valence-electron chi connectivity index (χ0n) is 22.2. The van der Waals surface area contributed by atoms with Crippen molar-refractivity contribution in [2.24, 2.45) is 0 Å². The number of carbonyl (C=O) groups is 1. The second-order valence-corrected chi connectivity index (χ2v) is 10.9. The number of aromatic amines is 1. The van der Waals surface area contributed by atoms with Crippen LogP contribution in [0.1, 0.15) is 21.1 Å². The Kier molecular flexibility index (Phi) is 11.2. The summed E-state index contributed by atoms with van der Waals surface area (Å²) in [6.07, 6.45) is 4.64. The van der Waals surface area contributed by atoms with E-state index >= 15 is 0 Å². The number of amides is 1. The van der Waals surface area contributed by atoms with Crippen LogP contribution in [0.2, 0.25) is 0 Å². The number of thiol groups is 2. The van der Waals surface area contributed by atoms with Crippen LogP contribution in [-0.2, 0) is 5.88 Å². The first-order valence-electron chi connectivity index (χ1n) is 12.6. The van der Waals surface area contributed by atoms with Crippen LogP contribution in [0.3, 0.4) is 0 Å². The maximum absolute atomic E-state index is 12.6. The van der Waals surface area contributed by atoms with E-state index in [9.17, 15) is 4.79 Å². The van der Waals surface area contributed by atoms with Gasteiger partial charge in [0.2, 0.25) is 0 Å². The fraction of sp³-hybridized carbons (Fsp3) is 0.0323. The molecule has 0 aliphatic rings. The van der Waals surface area contributed by atoms with Gasteiger partial charge >= 0.3 is 0 Å². The van der Waals surface area contributed by atoms with Crippen LogP contribution in [0, 0.1) is 5.41 Å². The van der Waals surface area contributed by atoms with Gasteiger partial charge in [0.05, 0.1) is 11.6 Å². The molecular weight excluding hydrogens is 604 g/mol. The minimum absolute atomic E-state index is 0.251. The minimum Gasteiger partial charge on any atom is -0.398 e. The molecule has 0 fully saturated rings. The zero-order valence-corrected chi connectivity index (χ0v) is 25.5. The van der Waals surface area contributed by atoms with Gasteiger partial charge in [-0.1, -0.05) is 36.4 Å². The summed E-state index contributed by atoms with van der Waals surface area (Å²) in [5.74, 6) is -0.130. The third-order valence-corrected chi connectivity index (χ3v) is 7.64. The molecule has 0 saturated carbocycles. The molecule has 0 radical (unpaired) electrons. The van der Waals surface area contributed by atoms with E-state index in [1.54, 1.807) is 23.7 Å². The van der Waals surface area contributed by atoms with Gasteiger partial charge in [0.25, 0.3) is 5.91 Å². The summed E-state index contributed by atoms with van der Waals surface area (Å²) >= 11 is 15.3. The fourth-order valence-electron chi connectivity index (χ4n) is 3.83. The van der Waals surface area contributed by atoms with Crippen LogP contribution in [0.25, 0.3) is 22.2 Å². The van der Waals surface area contributed by atoms with Crippen molar-refractivity contribution in [2.75, 3.05) is 11.1 Å². The molecule has 212 valence electrons. The molecule has 0 unspecified atom stereocenters. The third-order valence-electron chi connectivity index (χ3n) is 5.79. The Morgan fingerprint density at radius 2 is 1.69 bits per heavy atom. The number of carbonyl (C=O) groups excluding carboxylic acids is 1. The lowest BCUT2D eigenvalue weighted by atomic mass is 9.99. The zero-order chi connectivity index (χ0) is 29.9. The van der Waals surface area contributed by atoms with Gasteiger partial charge in [0.1, 0.15) is 16.3 Å². The van der Waals surface area contributed by atoms with E-state index in [2.05, 4.69) is 45.5 Å². The molecule has 3 heterocycles. The highest BCUT2D eigenvalue weighted by molar-refractivity contribution is 7.80. The Hall–Kier alpha value is -4.09. The summed E-state index contributed by atoms with van der Waals surface area (Å²) in [4.78, 5) is 26.2. The Morgan fingerprint density at radius 1 is 1.02 bits per heavy atom. The van der Waals surface area contributed by atoms with Gasteiger partial charge in [-0.15, -0.1) is 48.2 Å². The normalized spacial score (nSPS) is 10.2. The Bertz CT molecular complexity index is 1740. The van der Waals surface area contributed by atoms with Crippen LogP contribution in [-0.4, -0.2) is 27.1 Å². The van der Waals surface area contributed by atoms with Crippen molar-refractivity contribution in [2.45, 2.75) is 15.7 Å². The van der Waals surface area contributed by atoms with Crippen molar-refractivity contribution in [1.82, 2.24) is 15.0 Å². The summed E-state index contributed by atoms with van der Waals surface area (Å²) in [5.41, 5.74) is 10.2. The molecule has 0 aliphatic carbocycles. The van der Waals surface area contributed by atoms with Crippen LogP contribution in [0.15, 0.2) is 112 Å². The number of pyridine rings is 1. The average Bonchev–Trinajstić information content (AvgIpc) is 3.69. The number of nitrogens with two attached hydrogens (primary N) is 1. The summed E-state index contributed by atoms with van der Waals surface area (Å²) < 4.78 is 0. The molecule has 1 amide bonds. The summed E-state index contributed by atoms with van der Waals surface area (Å²) in [6.45, 7) is 0. The van der Waals surface area contributed by atoms with Crippen molar-refractivity contribution in [1.29, 1.82) is 5.41 Å². The van der Waals surface area contributed by atoms with E-state index in [0.29, 0.717) is 21.9 Å². The number of fused-ring (bicyclic) bond motifs is 1. The van der Waals surface area contributed by atoms with E-state index in [4.69, 9.17) is 22.7 Å². The fourth-order valence-corrected chi connectivity index (χ4v) is 5.04. The molecule has 0 bridgehead atoms. The molecule has 0 aliphatic heterocycles. The number of rotatable bonds is 5. The van der Waals surface area contributed by atoms with Gasteiger partial charge in [0.15, 0.2) is 0 Å². The number of thiazole rings is 1. The smallest absolute Gasteiger partial charge is 0.275 e. The molecule has 11 heteroatoms. The monoisotopic (exact) mass is 630 g/mol. The number of nitrogens with zero attached hydrogens (tertiary/aromatic N) is 2. The topological polar surface area (TPSA) is 121 Å². The van der Waals surface area contributed by atoms with Crippen LogP contribution in [0.4, 0.5) is 11.4 Å². The number of hydrogen-bond donors (Lipinski definition) is 6. The Labute approximate surface area is 263 Å². The van der Waals surface area contributed by atoms with Crippen molar-refractivity contribution in [3.05, 3.63) is 119 Å². The highest BCUT2D eigenvalue weighted by Crippen LogP contribution is 2.33. The molecule has 3 aromatic heterocycles. The predicted octanol–water partition coefficient (Wildman–Crippen LogP) is 8.21. The number of alkyl halides is 1. The maximum atomic E-state index is 12.6. The SMILES string of the molecule is N=Cc1c(N)cc(-c2ccnc3[nH]ccc23)cc1NC(=O)c1csc(CCl)n1.Sc1ccccc1.Sc1ccccc1. The highest BCUT2D eigenvalue weighted by atomic mass is 35.5. The van der Waals surface area contributed by atoms with Gasteiger partial charge in [-0.05, 0) is 59.7 Å². The van der Waals surface area contributed by atoms with Crippen LogP contribution >= 0.6 is 48.2 Å². The largest absolute Gasteiger partial charge is 0.398 e. The lowest BCUT2D eigenvalue weighted by Gasteiger charge is -2.13. The first-order chi connectivity index (χ1) is 20.4. The van der Waals surface area contributed by atoms with Crippen molar-refractivity contribution >= 4 is 82.7 Å². The standard InChI is InChI=1S/C19H15ClN6OS.2C6H6S/c20-7-17-25-16(9-28-17)19(27)26-15-6-10(5-14(22)13(15)8-21)11-1-3-23-18-12(11)2-4-24-18;2*7-6-4-2-1-3-5-6/h1-6,8-9,21H,7,22H2,(H,23,24)(H,26,27);2*1-5,7H. The van der Waals surface area contributed by atoms with Crippen LogP contribution < -0.4 is 11.1 Å². The lowest BCUT2D eigenvalue weighted by Crippen LogP contribution is -2.14. The Balaban J connectivity index is 0.000000235. The quantitative estimate of drug-likeness (QED) is 0.0497. The van der Waals surface area contributed by atoms with Gasteiger partial charge in [-0.3, -0.25) is 4.79 Å². The number of H-pyrrole nitrogens is 1. The molecular formula is C31H27ClN6OS3. The van der Waals surface area contributed by atoms with E-state index in [1.165, 1.54) is 11.3 Å². The third kappa shape index (κ3) is 8.23. The highest BCUT2D eigenvalue weighted by Gasteiger charge is 2.16. The molecule has 3 aromatic carbocycles. The van der Waals surface area contributed by atoms with E-state index < -0.39 is 0 Å². The van der Waals surface area contributed by atoms with Crippen molar-refractivity contribution < 1.29 is 4.79 Å². The second-order valence-electron chi connectivity index (χ2n) is 8.65. The molecule has 5 N–H and O–H groups in total. The maximum Gasteiger partial charge on any atom is 0.275 e. The number of halogens is 1. The lowest BCUT2D eigenvalue weighted by molar-refractivity contribution is 0.102. The molecule has 6 aromatic rings. The average molecular weight is 631 g/mol. The van der Waals surface area contributed by atoms with Gasteiger partial charge < -0.3 is 21.4 Å². The molecule has 7 nitrogen and oxygen atoms in total. The number of anilines is 2.